The van der Waals surface area contributed by atoms with Crippen molar-refractivity contribution >= 4 is 30.0 Å². The minimum absolute atomic E-state index is 0.0568. The zero-order chi connectivity index (χ0) is 39.0. The van der Waals surface area contributed by atoms with Gasteiger partial charge in [0.05, 0.1) is 23.8 Å². The number of aliphatic hydroxyl groups excluding tert-OH is 1. The minimum atomic E-state index is -0.609. The van der Waals surface area contributed by atoms with E-state index >= 15 is 0 Å². The Morgan fingerprint density at radius 1 is 0.920 bits per heavy atom. The van der Waals surface area contributed by atoms with Crippen LogP contribution in [0, 0.1) is 50.4 Å². The average molecular weight is 711 g/mol. The fourth-order valence-electron chi connectivity index (χ4n) is 5.37. The maximum Gasteiger partial charge on any atom is 0.202 e. The molecule has 2 aromatic carbocycles. The molecule has 0 radical (unpaired) electrons. The van der Waals surface area contributed by atoms with Crippen LogP contribution in [0.15, 0.2) is 18.2 Å². The molecule has 274 valence electrons. The molecule has 2 atom stereocenters. The van der Waals surface area contributed by atoms with Gasteiger partial charge in [0.25, 0.3) is 0 Å². The summed E-state index contributed by atoms with van der Waals surface area (Å²) in [6, 6.07) is 4.59. The van der Waals surface area contributed by atoms with Crippen LogP contribution in [-0.2, 0) is 27.1 Å². The van der Waals surface area contributed by atoms with Gasteiger partial charge in [0, 0.05) is 36.3 Å². The molecule has 0 spiro atoms. The van der Waals surface area contributed by atoms with Gasteiger partial charge < -0.3 is 29.5 Å². The van der Waals surface area contributed by atoms with Crippen LogP contribution in [0.3, 0.4) is 0 Å². The second-order valence-corrected chi connectivity index (χ2v) is 11.4. The molecule has 0 bridgehead atoms. The number of aromatic hydroxyl groups is 2. The Hall–Kier alpha value is -4.24. The first-order chi connectivity index (χ1) is 24.1. The first-order valence-corrected chi connectivity index (χ1v) is 17.0. The van der Waals surface area contributed by atoms with Crippen molar-refractivity contribution in [2.24, 2.45) is 11.8 Å². The van der Waals surface area contributed by atoms with Crippen LogP contribution in [0.2, 0.25) is 0 Å². The third-order valence-corrected chi connectivity index (χ3v) is 8.00. The van der Waals surface area contributed by atoms with Crippen LogP contribution in [0.5, 0.6) is 17.2 Å². The number of rotatable bonds is 6. The van der Waals surface area contributed by atoms with Crippen LogP contribution < -0.4 is 4.74 Å². The lowest BCUT2D eigenvalue weighted by molar-refractivity contribution is -0.145. The van der Waals surface area contributed by atoms with Gasteiger partial charge in [-0.3, -0.25) is 14.4 Å². The van der Waals surface area contributed by atoms with E-state index in [0.717, 1.165) is 24.7 Å². The molecule has 10 heteroatoms. The summed E-state index contributed by atoms with van der Waals surface area (Å²) in [6.07, 6.45) is 29.5. The molecule has 1 saturated heterocycles. The Balaban J connectivity index is 0. The molecule has 2 aromatic rings. The SMILES string of the molecule is C#C.C#C.C#C.CC.CC(C)CCS.CO[C@H]1CCCCO1.COc1cccc2c1C(=O)c1c(O)c3c(c(O)c1C2=O)CC(C(=O)CO)CC3. The number of phenolic OH excluding ortho intramolecular Hbond substituents is 2. The number of Topliss-reactive ketones (excluding diaryl/α,β-unsaturated/α-hetero) is 1. The smallest absolute Gasteiger partial charge is 0.202 e. The summed E-state index contributed by atoms with van der Waals surface area (Å²) < 4.78 is 15.4. The molecule has 9 nitrogen and oxygen atoms in total. The Morgan fingerprint density at radius 2 is 1.50 bits per heavy atom. The molecule has 0 saturated carbocycles. The molecular formula is C40H54O9S. The standard InChI is InChI=1S/C21H18O7.C6H12O2.C5H12S.C2H6.3C2H2/c1-28-14-4-2-3-11-15(14)21(27)17-16(19(11)25)20(26)12-7-9(13(23)8-22)5-6-10(12)18(17)24;1-7-6-4-2-3-5-8-6;1-5(2)3-4-6;4*1-2/h2-4,9,22,24,26H,5-8H2,1H3;6H,2-5H2,1H3;5-6H,3-4H2,1-2H3;1-2H3;3*1-2H/t;6-;;;;;/m.1...../s1. The summed E-state index contributed by atoms with van der Waals surface area (Å²) in [5.41, 5.74) is 0.301. The lowest BCUT2D eigenvalue weighted by Gasteiger charge is -2.29. The zero-order valence-electron chi connectivity index (χ0n) is 30.2. The van der Waals surface area contributed by atoms with Gasteiger partial charge in [0.2, 0.25) is 5.78 Å². The second-order valence-electron chi connectivity index (χ2n) is 10.9. The second kappa shape index (κ2) is 26.6. The third kappa shape index (κ3) is 12.6. The van der Waals surface area contributed by atoms with Gasteiger partial charge in [0.15, 0.2) is 17.9 Å². The van der Waals surface area contributed by atoms with Gasteiger partial charge in [-0.1, -0.05) is 39.8 Å². The van der Waals surface area contributed by atoms with Crippen molar-refractivity contribution < 1.29 is 43.9 Å². The van der Waals surface area contributed by atoms with Crippen molar-refractivity contribution in [3.63, 3.8) is 0 Å². The van der Waals surface area contributed by atoms with E-state index in [2.05, 4.69) is 65.0 Å². The predicted octanol–water partition coefficient (Wildman–Crippen LogP) is 6.44. The molecule has 0 amide bonds. The summed E-state index contributed by atoms with van der Waals surface area (Å²) in [4.78, 5) is 38.1. The van der Waals surface area contributed by atoms with Gasteiger partial charge >= 0.3 is 0 Å². The van der Waals surface area contributed by atoms with E-state index in [0.29, 0.717) is 12.0 Å². The predicted molar refractivity (Wildman–Crippen MR) is 202 cm³/mol. The van der Waals surface area contributed by atoms with Crippen LogP contribution in [0.25, 0.3) is 0 Å². The number of phenols is 2. The number of hydrogen-bond acceptors (Lipinski definition) is 10. The number of methoxy groups -OCH3 is 2. The number of thiol groups is 1. The fraction of sp³-hybridized carbons (Fsp3) is 0.475. The highest BCUT2D eigenvalue weighted by atomic mass is 32.1. The normalized spacial score (nSPS) is 16.1. The Kier molecular flexibility index (Phi) is 25.5. The molecule has 1 fully saturated rings. The van der Waals surface area contributed by atoms with Gasteiger partial charge in [-0.05, 0) is 62.7 Å². The van der Waals surface area contributed by atoms with Crippen LogP contribution in [0.4, 0.5) is 0 Å². The van der Waals surface area contributed by atoms with Crippen LogP contribution in [-0.4, -0.2) is 72.1 Å². The molecule has 1 aliphatic heterocycles. The minimum Gasteiger partial charge on any atom is -0.507 e. The summed E-state index contributed by atoms with van der Waals surface area (Å²) in [5.74, 6) is -0.715. The number of fused-ring (bicyclic) bond motifs is 3. The summed E-state index contributed by atoms with van der Waals surface area (Å²) >= 11 is 4.06. The number of terminal acetylenes is 3. The van der Waals surface area contributed by atoms with Crippen molar-refractivity contribution in [3.8, 4) is 55.8 Å². The molecule has 2 aliphatic carbocycles. The van der Waals surface area contributed by atoms with Crippen LogP contribution >= 0.6 is 12.6 Å². The van der Waals surface area contributed by atoms with Gasteiger partial charge in [0.1, 0.15) is 23.9 Å². The van der Waals surface area contributed by atoms with Crippen molar-refractivity contribution in [2.75, 3.05) is 33.2 Å². The average Bonchev–Trinajstić information content (AvgIpc) is 3.18. The van der Waals surface area contributed by atoms with Gasteiger partial charge in [-0.15, -0.1) is 38.5 Å². The maximum atomic E-state index is 13.1. The Morgan fingerprint density at radius 3 is 1.94 bits per heavy atom. The topological polar surface area (TPSA) is 140 Å². The molecule has 1 unspecified atom stereocenters. The highest BCUT2D eigenvalue weighted by Crippen LogP contribution is 2.47. The molecule has 3 aliphatic rings. The molecule has 3 N–H and O–H groups in total. The Bertz CT molecular complexity index is 1400. The third-order valence-electron chi connectivity index (χ3n) is 7.74. The van der Waals surface area contributed by atoms with E-state index in [1.807, 2.05) is 13.8 Å². The number of carbonyl (C=O) groups is 3. The first-order valence-electron chi connectivity index (χ1n) is 16.4. The number of hydrogen-bond donors (Lipinski definition) is 4. The van der Waals surface area contributed by atoms with Crippen molar-refractivity contribution in [1.82, 2.24) is 0 Å². The maximum absolute atomic E-state index is 13.1. The van der Waals surface area contributed by atoms with E-state index in [1.165, 1.54) is 32.4 Å². The van der Waals surface area contributed by atoms with Crippen molar-refractivity contribution in [3.05, 3.63) is 51.6 Å². The lowest BCUT2D eigenvalue weighted by Crippen LogP contribution is -2.28. The number of benzene rings is 2. The van der Waals surface area contributed by atoms with Crippen molar-refractivity contribution in [1.29, 1.82) is 0 Å². The van der Waals surface area contributed by atoms with E-state index in [1.54, 1.807) is 19.2 Å². The fourth-order valence-corrected chi connectivity index (χ4v) is 5.88. The zero-order valence-corrected chi connectivity index (χ0v) is 31.1. The highest BCUT2D eigenvalue weighted by Gasteiger charge is 2.40. The molecule has 0 aromatic heterocycles. The quantitative estimate of drug-likeness (QED) is 0.129. The van der Waals surface area contributed by atoms with Gasteiger partial charge in [-0.2, -0.15) is 12.6 Å². The van der Waals surface area contributed by atoms with Gasteiger partial charge in [-0.25, -0.2) is 0 Å². The van der Waals surface area contributed by atoms with Crippen molar-refractivity contribution in [2.45, 2.75) is 78.9 Å². The molecular weight excluding hydrogens is 656 g/mol. The number of aliphatic hydroxyl groups is 1. The van der Waals surface area contributed by atoms with E-state index in [-0.39, 0.29) is 70.0 Å². The summed E-state index contributed by atoms with van der Waals surface area (Å²) in [7, 11) is 3.07. The Labute approximate surface area is 304 Å². The monoisotopic (exact) mass is 710 g/mol. The first kappa shape index (κ1) is 47.9. The van der Waals surface area contributed by atoms with E-state index in [9.17, 15) is 24.6 Å². The number of ketones is 3. The summed E-state index contributed by atoms with van der Waals surface area (Å²) in [5, 5.41) is 30.7. The summed E-state index contributed by atoms with van der Waals surface area (Å²) in [6.45, 7) is 8.67. The molecule has 1 heterocycles. The molecule has 5 rings (SSSR count). The van der Waals surface area contributed by atoms with E-state index in [4.69, 9.17) is 19.3 Å². The number of carbonyl (C=O) groups excluding carboxylic acids is 3. The largest absolute Gasteiger partial charge is 0.507 e. The highest BCUT2D eigenvalue weighted by molar-refractivity contribution is 7.80. The van der Waals surface area contributed by atoms with Crippen LogP contribution in [0.1, 0.15) is 103 Å². The van der Waals surface area contributed by atoms with E-state index < -0.39 is 24.1 Å². The molecule has 50 heavy (non-hydrogen) atoms. The number of ether oxygens (including phenoxy) is 3. The lowest BCUT2D eigenvalue weighted by atomic mass is 9.75.